The van der Waals surface area contributed by atoms with E-state index in [0.717, 1.165) is 37.1 Å². The van der Waals surface area contributed by atoms with Crippen molar-refractivity contribution in [2.75, 3.05) is 25.6 Å². The average Bonchev–Trinajstić information content (AvgIpc) is 3.58. The van der Waals surface area contributed by atoms with Gasteiger partial charge in [0.1, 0.15) is 10.8 Å². The van der Waals surface area contributed by atoms with Crippen molar-refractivity contribution in [2.45, 2.75) is 74.2 Å². The number of ether oxygens (including phenoxy) is 2. The van der Waals surface area contributed by atoms with Gasteiger partial charge in [-0.05, 0) is 80.7 Å². The predicted molar refractivity (Wildman–Crippen MR) is 131 cm³/mol. The van der Waals surface area contributed by atoms with Crippen molar-refractivity contribution in [3.63, 3.8) is 0 Å². The molecule has 184 valence electrons. The molecule has 6 rings (SSSR count). The molecule has 34 heavy (non-hydrogen) atoms. The van der Waals surface area contributed by atoms with Gasteiger partial charge in [-0.2, -0.15) is 10.1 Å². The van der Waals surface area contributed by atoms with E-state index in [9.17, 15) is 4.21 Å². The summed E-state index contributed by atoms with van der Waals surface area (Å²) in [6.45, 7) is 4.99. The lowest BCUT2D eigenvalue weighted by atomic mass is 9.97. The summed E-state index contributed by atoms with van der Waals surface area (Å²) >= 11 is 0. The normalized spacial score (nSPS) is 19.2. The van der Waals surface area contributed by atoms with E-state index in [-0.39, 0.29) is 14.1 Å². The summed E-state index contributed by atoms with van der Waals surface area (Å²) in [4.78, 5) is 4.55. The number of aromatic nitrogens is 5. The number of hydrogen-bond acceptors (Lipinski definition) is 7. The average molecular weight is 487 g/mol. The highest BCUT2D eigenvalue weighted by Crippen LogP contribution is 2.40. The van der Waals surface area contributed by atoms with E-state index in [1.54, 1.807) is 7.11 Å². The summed E-state index contributed by atoms with van der Waals surface area (Å²) in [7, 11) is 0.0685. The van der Waals surface area contributed by atoms with E-state index >= 15 is 0 Å². The van der Waals surface area contributed by atoms with Gasteiger partial charge in [0.2, 0.25) is 11.1 Å². The van der Waals surface area contributed by atoms with E-state index in [4.69, 9.17) is 9.47 Å². The van der Waals surface area contributed by atoms with Gasteiger partial charge < -0.3 is 14.8 Å². The van der Waals surface area contributed by atoms with Gasteiger partial charge >= 0.3 is 0 Å². The third kappa shape index (κ3) is 3.42. The highest BCUT2D eigenvalue weighted by Gasteiger charge is 2.44. The molecule has 10 heteroatoms. The molecule has 0 amide bonds. The third-order valence-corrected chi connectivity index (χ3v) is 8.38. The molecule has 0 saturated carbocycles. The van der Waals surface area contributed by atoms with Crippen LogP contribution in [0.4, 0.5) is 11.6 Å². The SMILES string of the molecule is COC1(c2cc(S(=O)c3nc(Nc4c5c(cc6c4CCC6)CCC5)n[nH]3)nn2C(C)C)COC1.[HH].[HH]. The number of benzene rings is 1. The zero-order valence-corrected chi connectivity index (χ0v) is 20.6. The predicted octanol–water partition coefficient (Wildman–Crippen LogP) is 3.83. The number of nitrogens with one attached hydrogen (secondary N) is 2. The van der Waals surface area contributed by atoms with Crippen molar-refractivity contribution in [1.82, 2.24) is 25.0 Å². The number of fused-ring (bicyclic) bond motifs is 2. The molecule has 0 spiro atoms. The van der Waals surface area contributed by atoms with Crippen molar-refractivity contribution >= 4 is 22.4 Å². The van der Waals surface area contributed by atoms with Gasteiger partial charge in [0.15, 0.2) is 10.6 Å². The van der Waals surface area contributed by atoms with Gasteiger partial charge in [0, 0.05) is 21.7 Å². The standard InChI is InChI=1S/C24H30N6O3S.2H2/c1-14(2)30-19(24(32-3)12-33-13-24)11-20(29-30)34(31)23-26-22(27-28-23)25-21-17-8-4-6-15(17)10-16-7-5-9-18(16)21;;/h10-11,14H,4-9,12-13H2,1-3H3,(H2,25,26,27,28);2*1H. The Bertz CT molecular complexity index is 1250. The number of anilines is 2. The second-order valence-electron chi connectivity index (χ2n) is 9.69. The molecule has 1 aliphatic heterocycles. The zero-order valence-electron chi connectivity index (χ0n) is 19.8. The number of methoxy groups -OCH3 is 1. The molecule has 1 unspecified atom stereocenters. The highest BCUT2D eigenvalue weighted by molar-refractivity contribution is 7.84. The van der Waals surface area contributed by atoms with Crippen LogP contribution in [0.2, 0.25) is 0 Å². The maximum absolute atomic E-state index is 13.4. The van der Waals surface area contributed by atoms with E-state index < -0.39 is 16.4 Å². The molecule has 1 saturated heterocycles. The lowest BCUT2D eigenvalue weighted by Gasteiger charge is -2.40. The molecule has 1 fully saturated rings. The first-order valence-corrected chi connectivity index (χ1v) is 13.1. The van der Waals surface area contributed by atoms with E-state index in [0.29, 0.717) is 24.2 Å². The van der Waals surface area contributed by atoms with E-state index in [1.807, 2.05) is 24.6 Å². The largest absolute Gasteiger partial charge is 0.374 e. The van der Waals surface area contributed by atoms with Gasteiger partial charge in [0.05, 0.1) is 18.9 Å². The molecule has 3 aromatic rings. The summed E-state index contributed by atoms with van der Waals surface area (Å²) in [6, 6.07) is 4.33. The molecule has 2 N–H and O–H groups in total. The quantitative estimate of drug-likeness (QED) is 0.523. The molecule has 9 nitrogen and oxygen atoms in total. The first-order valence-electron chi connectivity index (χ1n) is 12.0. The van der Waals surface area contributed by atoms with Crippen molar-refractivity contribution in [3.05, 3.63) is 40.1 Å². The second-order valence-corrected chi connectivity index (χ2v) is 11.0. The molecular weight excluding hydrogens is 452 g/mol. The first-order chi connectivity index (χ1) is 16.5. The maximum atomic E-state index is 13.4. The molecule has 0 bridgehead atoms. The molecule has 2 aliphatic carbocycles. The second kappa shape index (κ2) is 8.28. The highest BCUT2D eigenvalue weighted by atomic mass is 32.2. The summed E-state index contributed by atoms with van der Waals surface area (Å²) < 4.78 is 26.4. The summed E-state index contributed by atoms with van der Waals surface area (Å²) in [6.07, 6.45) is 6.80. The Morgan fingerprint density at radius 2 is 1.88 bits per heavy atom. The van der Waals surface area contributed by atoms with Crippen molar-refractivity contribution in [2.24, 2.45) is 0 Å². The van der Waals surface area contributed by atoms with Gasteiger partial charge in [-0.25, -0.2) is 9.31 Å². The Kier molecular flexibility index (Phi) is 5.34. The minimum atomic E-state index is -1.60. The van der Waals surface area contributed by atoms with Crippen LogP contribution in [0.3, 0.4) is 0 Å². The third-order valence-electron chi connectivity index (χ3n) is 7.27. The van der Waals surface area contributed by atoms with E-state index in [1.165, 1.54) is 35.1 Å². The number of nitrogens with zero attached hydrogens (tertiary/aromatic N) is 4. The Balaban J connectivity index is 0.00000152. The van der Waals surface area contributed by atoms with Crippen LogP contribution in [-0.2, 0) is 51.6 Å². The summed E-state index contributed by atoms with van der Waals surface area (Å²) in [5, 5.41) is 16.0. The van der Waals surface area contributed by atoms with Crippen LogP contribution in [0.1, 0.15) is 63.5 Å². The minimum Gasteiger partial charge on any atom is -0.374 e. The van der Waals surface area contributed by atoms with Crippen LogP contribution in [-0.4, -0.2) is 49.5 Å². The Hall–Kier alpha value is -2.56. The van der Waals surface area contributed by atoms with Crippen LogP contribution in [0.25, 0.3) is 0 Å². The van der Waals surface area contributed by atoms with Crippen molar-refractivity contribution in [1.29, 1.82) is 0 Å². The fraction of sp³-hybridized carbons (Fsp3) is 0.542. The zero-order chi connectivity index (χ0) is 23.4. The maximum Gasteiger partial charge on any atom is 0.247 e. The van der Waals surface area contributed by atoms with Crippen LogP contribution in [0, 0.1) is 0 Å². The van der Waals surface area contributed by atoms with Gasteiger partial charge in [-0.15, -0.1) is 5.10 Å². The van der Waals surface area contributed by atoms with Crippen LogP contribution in [0.15, 0.2) is 22.3 Å². The Labute approximate surface area is 204 Å². The number of aryl methyl sites for hydroxylation is 2. The number of H-pyrrole nitrogens is 1. The lowest BCUT2D eigenvalue weighted by molar-refractivity contribution is -0.206. The molecular formula is C24H34N6O3S. The smallest absolute Gasteiger partial charge is 0.247 e. The Morgan fingerprint density at radius 1 is 1.18 bits per heavy atom. The van der Waals surface area contributed by atoms with Crippen LogP contribution < -0.4 is 5.32 Å². The van der Waals surface area contributed by atoms with Crippen molar-refractivity contribution < 1.29 is 16.5 Å². The molecule has 3 aliphatic rings. The number of aromatic amines is 1. The topological polar surface area (TPSA) is 107 Å². The summed E-state index contributed by atoms with van der Waals surface area (Å²) in [5.41, 5.74) is 7.15. The molecule has 3 heterocycles. The van der Waals surface area contributed by atoms with Gasteiger partial charge in [-0.1, -0.05) is 6.07 Å². The van der Waals surface area contributed by atoms with E-state index in [2.05, 4.69) is 31.7 Å². The molecule has 1 aromatic carbocycles. The fourth-order valence-electron chi connectivity index (χ4n) is 5.42. The number of rotatable bonds is 7. The lowest BCUT2D eigenvalue weighted by Crippen LogP contribution is -2.49. The van der Waals surface area contributed by atoms with Gasteiger partial charge in [0.25, 0.3) is 0 Å². The first kappa shape index (κ1) is 21.9. The van der Waals surface area contributed by atoms with Crippen molar-refractivity contribution in [3.8, 4) is 0 Å². The Morgan fingerprint density at radius 3 is 2.47 bits per heavy atom. The van der Waals surface area contributed by atoms with Crippen LogP contribution in [0.5, 0.6) is 0 Å². The molecule has 2 aromatic heterocycles. The van der Waals surface area contributed by atoms with Crippen LogP contribution >= 0.6 is 0 Å². The van der Waals surface area contributed by atoms with Gasteiger partial charge in [-0.3, -0.25) is 4.68 Å². The molecule has 0 radical (unpaired) electrons. The number of hydrogen-bond donors (Lipinski definition) is 2. The molecule has 1 atom stereocenters. The minimum absolute atomic E-state index is 0. The summed E-state index contributed by atoms with van der Waals surface area (Å²) in [5.74, 6) is 0.446. The fourth-order valence-corrected chi connectivity index (χ4v) is 6.29. The monoisotopic (exact) mass is 486 g/mol.